The molecule has 12 nitrogen and oxygen atoms in total. The maximum Gasteiger partial charge on any atom is 0.475 e. The highest BCUT2D eigenvalue weighted by molar-refractivity contribution is 6.43. The summed E-state index contributed by atoms with van der Waals surface area (Å²) in [6, 6.07) is 18.1. The molecule has 2 heterocycles. The predicted octanol–water partition coefficient (Wildman–Crippen LogP) is 5.51. The lowest BCUT2D eigenvalue weighted by molar-refractivity contribution is -0.140. The Kier molecular flexibility index (Phi) is 15.0. The zero-order chi connectivity index (χ0) is 39.4. The van der Waals surface area contributed by atoms with E-state index in [2.05, 4.69) is 26.2 Å². The van der Waals surface area contributed by atoms with Crippen LogP contribution < -0.4 is 21.3 Å². The summed E-state index contributed by atoms with van der Waals surface area (Å²) in [6.07, 6.45) is 10.8. The van der Waals surface area contributed by atoms with Crippen LogP contribution in [0.25, 0.3) is 10.8 Å². The van der Waals surface area contributed by atoms with Gasteiger partial charge in [0.1, 0.15) is 12.1 Å². The van der Waals surface area contributed by atoms with Crippen molar-refractivity contribution in [2.45, 2.75) is 108 Å². The maximum atomic E-state index is 14.8. The number of anilines is 1. The highest BCUT2D eigenvalue weighted by Gasteiger charge is 2.45. The smallest absolute Gasteiger partial charge is 0.426 e. The molecule has 0 aromatic heterocycles. The first-order valence-electron chi connectivity index (χ1n) is 20.5. The van der Waals surface area contributed by atoms with Crippen LogP contribution in [0.3, 0.4) is 0 Å². The van der Waals surface area contributed by atoms with Crippen LogP contribution >= 0.6 is 11.6 Å². The fourth-order valence-corrected chi connectivity index (χ4v) is 8.80. The number of urea groups is 1. The van der Waals surface area contributed by atoms with Crippen LogP contribution in [0.1, 0.15) is 93.8 Å². The van der Waals surface area contributed by atoms with Crippen LogP contribution in [0.15, 0.2) is 66.7 Å². The molecule has 3 aromatic carbocycles. The maximum absolute atomic E-state index is 14.8. The first-order chi connectivity index (χ1) is 27.1. The van der Waals surface area contributed by atoms with Crippen molar-refractivity contribution in [3.8, 4) is 0 Å². The monoisotopic (exact) mass is 786 g/mol. The summed E-state index contributed by atoms with van der Waals surface area (Å²) in [6.45, 7) is 2.49. The van der Waals surface area contributed by atoms with Crippen molar-refractivity contribution in [1.82, 2.24) is 25.8 Å². The number of carbonyl (C=O) groups excluding carboxylic acids is 4. The van der Waals surface area contributed by atoms with E-state index in [1.165, 1.54) is 0 Å². The summed E-state index contributed by atoms with van der Waals surface area (Å²) >= 11 is 6.00. The SMILES string of the molecule is O=C(NCCCC[C@H](NC(=O)[C@@H]1C[C@@H](N2CCCCC2)CN1C(=O)[C@@H](CC1CCCCC1)NC(=O)c1ccc2ccccc2c1)B(O)O)Nc1cccc(Cl)c1. The molecule has 1 saturated carbocycles. The van der Waals surface area contributed by atoms with Gasteiger partial charge in [0.2, 0.25) is 11.8 Å². The highest BCUT2D eigenvalue weighted by Crippen LogP contribution is 2.31. The zero-order valence-electron chi connectivity index (χ0n) is 32.1. The topological polar surface area (TPSA) is 163 Å². The molecule has 3 fully saturated rings. The van der Waals surface area contributed by atoms with Crippen molar-refractivity contribution in [2.24, 2.45) is 5.92 Å². The Labute approximate surface area is 335 Å². The summed E-state index contributed by atoms with van der Waals surface area (Å²) in [7, 11) is -1.82. The Hall–Kier alpha value is -4.17. The van der Waals surface area contributed by atoms with Gasteiger partial charge in [-0.2, -0.15) is 0 Å². The van der Waals surface area contributed by atoms with E-state index >= 15 is 0 Å². The molecule has 4 atom stereocenters. The van der Waals surface area contributed by atoms with Crippen molar-refractivity contribution in [3.05, 3.63) is 77.3 Å². The van der Waals surface area contributed by atoms with Crippen molar-refractivity contribution in [2.75, 3.05) is 31.5 Å². The van der Waals surface area contributed by atoms with Crippen LogP contribution in [-0.2, 0) is 9.59 Å². The molecular formula is C42H56BClN6O6. The molecule has 5 amide bonds. The standard InChI is InChI=1S/C42H56BClN6O6/c44-33-16-11-17-34(26-33)46-42(54)45-21-8-7-18-38(43(55)56)48-40(52)37-27-35(49-22-9-2-10-23-49)28-50(37)41(53)36(24-29-12-3-1-4-13-29)47-39(51)32-20-19-30-14-5-6-15-31(30)25-32/h5-6,11,14-17,19-20,25-26,29,35-38,55-56H,1-4,7-10,12-13,18,21-24,27-28H2,(H,47,51)(H,48,52)(H2,45,46,54)/t35-,36-,37+,38+/m1/s1. The Morgan fingerprint density at radius 1 is 0.839 bits per heavy atom. The molecule has 0 unspecified atom stereocenters. The fourth-order valence-electron chi connectivity index (χ4n) is 8.61. The average Bonchev–Trinajstić information content (AvgIpc) is 3.66. The number of nitrogens with zero attached hydrogens (tertiary/aromatic N) is 2. The molecule has 3 aliphatic rings. The largest absolute Gasteiger partial charge is 0.475 e. The molecule has 0 radical (unpaired) electrons. The third-order valence-electron chi connectivity index (χ3n) is 11.7. The average molecular weight is 787 g/mol. The number of benzene rings is 3. The molecule has 6 rings (SSSR count). The number of hydrogen-bond acceptors (Lipinski definition) is 7. The van der Waals surface area contributed by atoms with Gasteiger partial charge in [0, 0.05) is 35.4 Å². The first kappa shape index (κ1) is 41.5. The molecule has 14 heteroatoms. The number of fused-ring (bicyclic) bond motifs is 1. The van der Waals surface area contributed by atoms with Crippen molar-refractivity contribution in [1.29, 1.82) is 0 Å². The second kappa shape index (κ2) is 20.3. The van der Waals surface area contributed by atoms with Gasteiger partial charge in [0.05, 0.1) is 5.94 Å². The second-order valence-corrected chi connectivity index (χ2v) is 16.2. The number of rotatable bonds is 15. The fraction of sp³-hybridized carbons (Fsp3) is 0.524. The molecule has 0 bridgehead atoms. The van der Waals surface area contributed by atoms with Gasteiger partial charge >= 0.3 is 13.1 Å². The molecule has 56 heavy (non-hydrogen) atoms. The Morgan fingerprint density at radius 2 is 1.59 bits per heavy atom. The molecule has 300 valence electrons. The van der Waals surface area contributed by atoms with Gasteiger partial charge in [-0.05, 0) is 98.6 Å². The molecule has 2 saturated heterocycles. The molecule has 6 N–H and O–H groups in total. The van der Waals surface area contributed by atoms with Gasteiger partial charge < -0.3 is 36.2 Å². The lowest BCUT2D eigenvalue weighted by Gasteiger charge is -2.33. The molecular weight excluding hydrogens is 731 g/mol. The number of carbonyl (C=O) groups is 4. The summed E-state index contributed by atoms with van der Waals surface area (Å²) in [5.41, 5.74) is 1.04. The van der Waals surface area contributed by atoms with Crippen LogP contribution in [0.2, 0.25) is 5.02 Å². The van der Waals surface area contributed by atoms with E-state index in [9.17, 15) is 29.2 Å². The van der Waals surface area contributed by atoms with Crippen molar-refractivity contribution >= 4 is 58.9 Å². The summed E-state index contributed by atoms with van der Waals surface area (Å²) in [4.78, 5) is 59.1. The Morgan fingerprint density at radius 3 is 2.34 bits per heavy atom. The van der Waals surface area contributed by atoms with E-state index in [0.29, 0.717) is 55.0 Å². The highest BCUT2D eigenvalue weighted by atomic mass is 35.5. The minimum absolute atomic E-state index is 0.0249. The summed E-state index contributed by atoms with van der Waals surface area (Å²) < 4.78 is 0. The van der Waals surface area contributed by atoms with Gasteiger partial charge in [-0.15, -0.1) is 0 Å². The number of halogens is 1. The Balaban J connectivity index is 1.12. The van der Waals surface area contributed by atoms with Gasteiger partial charge in [-0.1, -0.05) is 92.9 Å². The van der Waals surface area contributed by atoms with E-state index in [1.807, 2.05) is 36.4 Å². The van der Waals surface area contributed by atoms with Crippen LogP contribution in [0, 0.1) is 5.92 Å². The number of likely N-dealkylation sites (tertiary alicyclic amines) is 2. The number of amides is 5. The molecule has 0 spiro atoms. The third kappa shape index (κ3) is 11.5. The van der Waals surface area contributed by atoms with Crippen molar-refractivity contribution < 1.29 is 29.2 Å². The van der Waals surface area contributed by atoms with E-state index in [1.54, 1.807) is 35.2 Å². The first-order valence-corrected chi connectivity index (χ1v) is 20.8. The normalized spacial score (nSPS) is 20.2. The number of unbranched alkanes of at least 4 members (excludes halogenated alkanes) is 1. The quantitative estimate of drug-likeness (QED) is 0.0875. The summed E-state index contributed by atoms with van der Waals surface area (Å²) in [5, 5.41) is 34.6. The van der Waals surface area contributed by atoms with E-state index in [-0.39, 0.29) is 36.2 Å². The van der Waals surface area contributed by atoms with Gasteiger partial charge in [0.15, 0.2) is 0 Å². The lowest BCUT2D eigenvalue weighted by Crippen LogP contribution is -2.56. The zero-order valence-corrected chi connectivity index (χ0v) is 32.9. The molecule has 3 aromatic rings. The van der Waals surface area contributed by atoms with Crippen molar-refractivity contribution in [3.63, 3.8) is 0 Å². The lowest BCUT2D eigenvalue weighted by atomic mass is 9.76. The van der Waals surface area contributed by atoms with E-state index < -0.39 is 31.1 Å². The molecule has 2 aliphatic heterocycles. The van der Waals surface area contributed by atoms with Crippen LogP contribution in [-0.4, -0.2) is 101 Å². The van der Waals surface area contributed by atoms with Gasteiger partial charge in [-0.25, -0.2) is 4.79 Å². The minimum Gasteiger partial charge on any atom is -0.426 e. The van der Waals surface area contributed by atoms with Crippen LogP contribution in [0.5, 0.6) is 0 Å². The van der Waals surface area contributed by atoms with Gasteiger partial charge in [0.25, 0.3) is 5.91 Å². The second-order valence-electron chi connectivity index (χ2n) is 15.7. The minimum atomic E-state index is -1.82. The van der Waals surface area contributed by atoms with Crippen LogP contribution in [0.4, 0.5) is 10.5 Å². The van der Waals surface area contributed by atoms with E-state index in [0.717, 1.165) is 75.2 Å². The Bertz CT molecular complexity index is 1800. The predicted molar refractivity (Wildman–Crippen MR) is 220 cm³/mol. The van der Waals surface area contributed by atoms with Gasteiger partial charge in [-0.3, -0.25) is 19.3 Å². The van der Waals surface area contributed by atoms with E-state index in [4.69, 9.17) is 11.6 Å². The molecule has 1 aliphatic carbocycles. The number of piperidine rings is 1. The number of nitrogens with one attached hydrogen (secondary N) is 4. The number of hydrogen-bond donors (Lipinski definition) is 6. The summed E-state index contributed by atoms with van der Waals surface area (Å²) in [5.74, 6) is -1.72. The third-order valence-corrected chi connectivity index (χ3v) is 11.9.